The molecule has 1 N–H and O–H groups in total. The highest BCUT2D eigenvalue weighted by molar-refractivity contribution is 6.30. The molecule has 1 aliphatic heterocycles. The van der Waals surface area contributed by atoms with Gasteiger partial charge in [0.05, 0.1) is 11.9 Å². The molecule has 0 radical (unpaired) electrons. The van der Waals surface area contributed by atoms with E-state index in [4.69, 9.17) is 16.6 Å². The summed E-state index contributed by atoms with van der Waals surface area (Å²) in [6.07, 6.45) is 4.38. The fourth-order valence-corrected chi connectivity index (χ4v) is 3.30. The smallest absolute Gasteiger partial charge is 0.246 e. The van der Waals surface area contributed by atoms with Crippen molar-refractivity contribution in [2.45, 2.75) is 13.3 Å². The SMILES string of the molecule is CCNC(=NCCc1cccc(Cl)c1)N1CCN(c2cnn(C)c2)C(=O)C1. The Hall–Kier alpha value is -2.54. The number of hydrogen-bond acceptors (Lipinski definition) is 3. The van der Waals surface area contributed by atoms with Gasteiger partial charge in [0, 0.05) is 44.4 Å². The Kier molecular flexibility index (Phi) is 6.34. The number of guanidine groups is 1. The molecule has 2 aromatic rings. The number of carbonyl (C=O) groups excluding carboxylic acids is 1. The van der Waals surface area contributed by atoms with Crippen LogP contribution in [0.1, 0.15) is 12.5 Å². The third-order valence-electron chi connectivity index (χ3n) is 4.41. The number of halogens is 1. The zero-order valence-electron chi connectivity index (χ0n) is 15.7. The maximum absolute atomic E-state index is 12.6. The van der Waals surface area contributed by atoms with Gasteiger partial charge in [-0.05, 0) is 31.0 Å². The summed E-state index contributed by atoms with van der Waals surface area (Å²) in [5, 5.41) is 8.18. The number of anilines is 1. The molecule has 0 bridgehead atoms. The molecule has 27 heavy (non-hydrogen) atoms. The van der Waals surface area contributed by atoms with Gasteiger partial charge in [0.1, 0.15) is 6.54 Å². The maximum atomic E-state index is 12.6. The van der Waals surface area contributed by atoms with Crippen molar-refractivity contribution in [1.82, 2.24) is 20.0 Å². The summed E-state index contributed by atoms with van der Waals surface area (Å²) in [5.41, 5.74) is 1.99. The van der Waals surface area contributed by atoms with Crippen LogP contribution in [0.3, 0.4) is 0 Å². The van der Waals surface area contributed by atoms with Gasteiger partial charge < -0.3 is 15.1 Å². The van der Waals surface area contributed by atoms with Crippen LogP contribution in [0.15, 0.2) is 41.7 Å². The van der Waals surface area contributed by atoms with Gasteiger partial charge >= 0.3 is 0 Å². The van der Waals surface area contributed by atoms with Crippen LogP contribution in [0, 0.1) is 0 Å². The van der Waals surface area contributed by atoms with E-state index in [9.17, 15) is 4.79 Å². The fourth-order valence-electron chi connectivity index (χ4n) is 3.08. The van der Waals surface area contributed by atoms with Gasteiger partial charge in [-0.25, -0.2) is 0 Å². The molecule has 8 heteroatoms. The van der Waals surface area contributed by atoms with Crippen molar-refractivity contribution in [3.8, 4) is 0 Å². The second-order valence-electron chi connectivity index (χ2n) is 6.45. The van der Waals surface area contributed by atoms with E-state index in [0.29, 0.717) is 19.6 Å². The van der Waals surface area contributed by atoms with E-state index in [1.54, 1.807) is 15.8 Å². The van der Waals surface area contributed by atoms with Crippen LogP contribution < -0.4 is 10.2 Å². The standard InChI is InChI=1S/C19H25ClN6O/c1-3-21-19(22-8-7-15-5-4-6-16(20)11-15)25-9-10-26(18(27)14-25)17-12-23-24(2)13-17/h4-6,11-13H,3,7-10,14H2,1-2H3,(H,21,22). The summed E-state index contributed by atoms with van der Waals surface area (Å²) in [5.74, 6) is 0.827. The van der Waals surface area contributed by atoms with Gasteiger partial charge in [-0.3, -0.25) is 14.5 Å². The number of nitrogens with zero attached hydrogens (tertiary/aromatic N) is 5. The number of piperazine rings is 1. The molecule has 7 nitrogen and oxygen atoms in total. The van der Waals surface area contributed by atoms with E-state index >= 15 is 0 Å². The number of amides is 1. The van der Waals surface area contributed by atoms with Gasteiger partial charge in [0.2, 0.25) is 5.91 Å². The molecule has 1 saturated heterocycles. The topological polar surface area (TPSA) is 65.8 Å². The molecule has 1 aromatic heterocycles. The average Bonchev–Trinajstić information content (AvgIpc) is 3.07. The Morgan fingerprint density at radius 1 is 1.37 bits per heavy atom. The number of hydrogen-bond donors (Lipinski definition) is 1. The molecule has 0 unspecified atom stereocenters. The number of carbonyl (C=O) groups is 1. The zero-order chi connectivity index (χ0) is 19.2. The van der Waals surface area contributed by atoms with Crippen molar-refractivity contribution < 1.29 is 4.79 Å². The minimum Gasteiger partial charge on any atom is -0.357 e. The van der Waals surface area contributed by atoms with E-state index < -0.39 is 0 Å². The molecule has 1 aliphatic rings. The minimum absolute atomic E-state index is 0.0506. The molecule has 1 aromatic carbocycles. The van der Waals surface area contributed by atoms with Crippen molar-refractivity contribution in [2.24, 2.45) is 12.0 Å². The molecular weight excluding hydrogens is 364 g/mol. The van der Waals surface area contributed by atoms with Crippen LogP contribution in [-0.4, -0.2) is 59.3 Å². The molecule has 1 amide bonds. The number of benzene rings is 1. The molecule has 2 heterocycles. The number of aryl methyl sites for hydroxylation is 1. The first-order valence-corrected chi connectivity index (χ1v) is 9.51. The van der Waals surface area contributed by atoms with Crippen LogP contribution in [0.2, 0.25) is 5.02 Å². The van der Waals surface area contributed by atoms with Gasteiger partial charge in [-0.1, -0.05) is 23.7 Å². The zero-order valence-corrected chi connectivity index (χ0v) is 16.5. The Balaban J connectivity index is 1.62. The lowest BCUT2D eigenvalue weighted by Gasteiger charge is -2.35. The van der Waals surface area contributed by atoms with Gasteiger partial charge in [0.25, 0.3) is 0 Å². The van der Waals surface area contributed by atoms with Crippen LogP contribution in [0.5, 0.6) is 0 Å². The monoisotopic (exact) mass is 388 g/mol. The van der Waals surface area contributed by atoms with Crippen molar-refractivity contribution in [2.75, 3.05) is 37.6 Å². The molecule has 0 aliphatic carbocycles. The molecule has 0 saturated carbocycles. The van der Waals surface area contributed by atoms with Crippen LogP contribution >= 0.6 is 11.6 Å². The second-order valence-corrected chi connectivity index (χ2v) is 6.89. The average molecular weight is 389 g/mol. The highest BCUT2D eigenvalue weighted by Crippen LogP contribution is 2.16. The van der Waals surface area contributed by atoms with E-state index in [-0.39, 0.29) is 5.91 Å². The van der Waals surface area contributed by atoms with Crippen LogP contribution in [0.4, 0.5) is 5.69 Å². The van der Waals surface area contributed by atoms with Crippen molar-refractivity contribution in [3.63, 3.8) is 0 Å². The second kappa shape index (κ2) is 8.90. The molecule has 1 fully saturated rings. The molecular formula is C19H25ClN6O. The predicted molar refractivity (Wildman–Crippen MR) is 108 cm³/mol. The lowest BCUT2D eigenvalue weighted by molar-refractivity contribution is -0.120. The summed E-state index contributed by atoms with van der Waals surface area (Å²) in [6, 6.07) is 7.82. The van der Waals surface area contributed by atoms with E-state index in [0.717, 1.165) is 41.7 Å². The predicted octanol–water partition coefficient (Wildman–Crippen LogP) is 1.93. The molecule has 144 valence electrons. The summed E-state index contributed by atoms with van der Waals surface area (Å²) in [7, 11) is 1.85. The lowest BCUT2D eigenvalue weighted by Crippen LogP contribution is -2.55. The summed E-state index contributed by atoms with van der Waals surface area (Å²) in [4.78, 5) is 21.1. The van der Waals surface area contributed by atoms with E-state index in [1.807, 2.05) is 49.3 Å². The first-order valence-electron chi connectivity index (χ1n) is 9.13. The highest BCUT2D eigenvalue weighted by Gasteiger charge is 2.27. The summed E-state index contributed by atoms with van der Waals surface area (Å²) in [6.45, 7) is 5.07. The Morgan fingerprint density at radius 3 is 2.89 bits per heavy atom. The summed E-state index contributed by atoms with van der Waals surface area (Å²) < 4.78 is 1.70. The lowest BCUT2D eigenvalue weighted by atomic mass is 10.1. The van der Waals surface area contributed by atoms with Crippen LogP contribution in [0.25, 0.3) is 0 Å². The molecule has 3 rings (SSSR count). The number of aliphatic imine (C=N–C) groups is 1. The highest BCUT2D eigenvalue weighted by atomic mass is 35.5. The normalized spacial score (nSPS) is 15.4. The third-order valence-corrected chi connectivity index (χ3v) is 4.64. The Bertz CT molecular complexity index is 818. The molecule has 0 spiro atoms. The Morgan fingerprint density at radius 2 is 2.22 bits per heavy atom. The van der Waals surface area contributed by atoms with Gasteiger partial charge in [0.15, 0.2) is 5.96 Å². The van der Waals surface area contributed by atoms with Crippen LogP contribution in [-0.2, 0) is 18.3 Å². The Labute approximate surface area is 164 Å². The number of nitrogens with one attached hydrogen (secondary N) is 1. The number of aromatic nitrogens is 2. The maximum Gasteiger partial charge on any atom is 0.246 e. The van der Waals surface area contributed by atoms with Gasteiger partial charge in [-0.2, -0.15) is 5.10 Å². The number of rotatable bonds is 5. The largest absolute Gasteiger partial charge is 0.357 e. The summed E-state index contributed by atoms with van der Waals surface area (Å²) >= 11 is 6.04. The third kappa shape index (κ3) is 5.01. The fraction of sp³-hybridized carbons (Fsp3) is 0.421. The van der Waals surface area contributed by atoms with Gasteiger partial charge in [-0.15, -0.1) is 0 Å². The first-order chi connectivity index (χ1) is 13.1. The molecule has 0 atom stereocenters. The van der Waals surface area contributed by atoms with E-state index in [2.05, 4.69) is 10.4 Å². The first kappa shape index (κ1) is 19.2. The quantitative estimate of drug-likeness (QED) is 0.628. The van der Waals surface area contributed by atoms with Crippen molar-refractivity contribution >= 4 is 29.2 Å². The van der Waals surface area contributed by atoms with Crippen molar-refractivity contribution in [1.29, 1.82) is 0 Å². The van der Waals surface area contributed by atoms with E-state index in [1.165, 1.54) is 0 Å². The minimum atomic E-state index is 0.0506. The van der Waals surface area contributed by atoms with Crippen molar-refractivity contribution in [3.05, 3.63) is 47.2 Å².